The molecule has 0 aliphatic rings. The molecular weight excluding hydrogens is 236 g/mol. The molecule has 0 aliphatic heterocycles. The minimum Gasteiger partial charge on any atom is -0.337 e. The Morgan fingerprint density at radius 2 is 2.11 bits per heavy atom. The van der Waals surface area contributed by atoms with Gasteiger partial charge in [-0.1, -0.05) is 27.7 Å². The Morgan fingerprint density at radius 1 is 1.42 bits per heavy atom. The molecule has 0 aromatic carbocycles. The van der Waals surface area contributed by atoms with E-state index in [0.29, 0.717) is 5.92 Å². The van der Waals surface area contributed by atoms with E-state index in [9.17, 15) is 0 Å². The second-order valence-corrected chi connectivity index (χ2v) is 6.82. The van der Waals surface area contributed by atoms with Crippen LogP contribution in [0, 0.1) is 11.3 Å². The van der Waals surface area contributed by atoms with Gasteiger partial charge in [-0.3, -0.25) is 4.90 Å². The minimum atomic E-state index is 0.273. The fraction of sp³-hybridized carbons (Fsp3) is 0.800. The van der Waals surface area contributed by atoms with E-state index in [2.05, 4.69) is 54.5 Å². The lowest BCUT2D eigenvalue weighted by molar-refractivity contribution is 0.193. The molecule has 0 radical (unpaired) electrons. The molecule has 4 nitrogen and oxygen atoms in total. The van der Waals surface area contributed by atoms with E-state index in [-0.39, 0.29) is 5.41 Å². The Hall–Kier alpha value is -0.870. The summed E-state index contributed by atoms with van der Waals surface area (Å²) in [6, 6.07) is 0. The summed E-state index contributed by atoms with van der Waals surface area (Å²) in [6.07, 6.45) is 3.86. The van der Waals surface area contributed by atoms with Crippen LogP contribution < -0.4 is 5.32 Å². The number of imidazole rings is 1. The smallest absolute Gasteiger partial charge is 0.122 e. The van der Waals surface area contributed by atoms with Gasteiger partial charge in [0, 0.05) is 32.5 Å². The Bertz CT molecular complexity index is 368. The van der Waals surface area contributed by atoms with Crippen LogP contribution in [0.5, 0.6) is 0 Å². The molecular formula is C15H30N4. The first-order chi connectivity index (χ1) is 8.80. The van der Waals surface area contributed by atoms with Gasteiger partial charge in [-0.15, -0.1) is 0 Å². The third kappa shape index (κ3) is 6.21. The van der Waals surface area contributed by atoms with E-state index in [4.69, 9.17) is 0 Å². The van der Waals surface area contributed by atoms with Gasteiger partial charge in [0.25, 0.3) is 0 Å². The average Bonchev–Trinajstić information content (AvgIpc) is 2.62. The summed E-state index contributed by atoms with van der Waals surface area (Å²) >= 11 is 0. The highest BCUT2D eigenvalue weighted by atomic mass is 15.2. The molecule has 0 spiro atoms. The topological polar surface area (TPSA) is 33.1 Å². The predicted molar refractivity (Wildman–Crippen MR) is 81.0 cm³/mol. The molecule has 0 unspecified atom stereocenters. The van der Waals surface area contributed by atoms with Crippen LogP contribution >= 0.6 is 0 Å². The largest absolute Gasteiger partial charge is 0.337 e. The van der Waals surface area contributed by atoms with Gasteiger partial charge in [0.1, 0.15) is 5.82 Å². The fourth-order valence-electron chi connectivity index (χ4n) is 2.33. The van der Waals surface area contributed by atoms with Crippen molar-refractivity contribution in [2.24, 2.45) is 18.4 Å². The summed E-state index contributed by atoms with van der Waals surface area (Å²) in [7, 11) is 4.21. The molecule has 0 atom stereocenters. The Morgan fingerprint density at radius 3 is 2.63 bits per heavy atom. The van der Waals surface area contributed by atoms with Crippen LogP contribution in [0.25, 0.3) is 0 Å². The van der Waals surface area contributed by atoms with E-state index >= 15 is 0 Å². The molecule has 0 aliphatic carbocycles. The maximum absolute atomic E-state index is 4.38. The van der Waals surface area contributed by atoms with Crippen molar-refractivity contribution in [3.8, 4) is 0 Å². The number of nitrogens with one attached hydrogen (secondary N) is 1. The van der Waals surface area contributed by atoms with Crippen LogP contribution in [0.1, 0.15) is 33.5 Å². The van der Waals surface area contributed by atoms with Crippen molar-refractivity contribution in [1.82, 2.24) is 19.8 Å². The SMILES string of the molecule is CC(C)CNCC(C)(C)CN(C)Cc1nccn1C. The van der Waals surface area contributed by atoms with Gasteiger partial charge in [0.2, 0.25) is 0 Å². The van der Waals surface area contributed by atoms with Crippen molar-refractivity contribution in [1.29, 1.82) is 0 Å². The van der Waals surface area contributed by atoms with Crippen molar-refractivity contribution in [2.45, 2.75) is 34.2 Å². The molecule has 0 amide bonds. The quantitative estimate of drug-likeness (QED) is 0.782. The third-order valence-corrected chi connectivity index (χ3v) is 3.19. The molecule has 0 saturated carbocycles. The Labute approximate surface area is 118 Å². The molecule has 4 heteroatoms. The zero-order chi connectivity index (χ0) is 14.5. The van der Waals surface area contributed by atoms with Crippen LogP contribution in [0.15, 0.2) is 12.4 Å². The minimum absolute atomic E-state index is 0.273. The van der Waals surface area contributed by atoms with E-state index in [1.54, 1.807) is 0 Å². The van der Waals surface area contributed by atoms with Gasteiger partial charge in [-0.25, -0.2) is 4.98 Å². The molecule has 1 N–H and O–H groups in total. The fourth-order valence-corrected chi connectivity index (χ4v) is 2.33. The van der Waals surface area contributed by atoms with Crippen LogP contribution in [-0.2, 0) is 13.6 Å². The van der Waals surface area contributed by atoms with Crippen molar-refractivity contribution >= 4 is 0 Å². The summed E-state index contributed by atoms with van der Waals surface area (Å²) in [6.45, 7) is 13.2. The first kappa shape index (κ1) is 16.2. The molecule has 0 saturated heterocycles. The van der Waals surface area contributed by atoms with E-state index < -0.39 is 0 Å². The van der Waals surface area contributed by atoms with Gasteiger partial charge in [-0.2, -0.15) is 0 Å². The second kappa shape index (κ2) is 7.06. The van der Waals surface area contributed by atoms with Gasteiger partial charge < -0.3 is 9.88 Å². The maximum Gasteiger partial charge on any atom is 0.122 e. The lowest BCUT2D eigenvalue weighted by Gasteiger charge is -2.30. The molecule has 19 heavy (non-hydrogen) atoms. The van der Waals surface area contributed by atoms with E-state index in [1.807, 2.05) is 19.4 Å². The molecule has 1 aromatic heterocycles. The number of nitrogens with zero attached hydrogens (tertiary/aromatic N) is 3. The van der Waals surface area contributed by atoms with Gasteiger partial charge in [-0.05, 0) is 24.9 Å². The van der Waals surface area contributed by atoms with Gasteiger partial charge in [0.15, 0.2) is 0 Å². The van der Waals surface area contributed by atoms with Crippen LogP contribution in [0.3, 0.4) is 0 Å². The number of aromatic nitrogens is 2. The summed E-state index contributed by atoms with van der Waals surface area (Å²) in [5.74, 6) is 1.83. The average molecular weight is 266 g/mol. The van der Waals surface area contributed by atoms with Crippen molar-refractivity contribution in [3.05, 3.63) is 18.2 Å². The highest BCUT2D eigenvalue weighted by molar-refractivity contribution is 4.91. The number of aryl methyl sites for hydroxylation is 1. The highest BCUT2D eigenvalue weighted by Crippen LogP contribution is 2.16. The summed E-state index contributed by atoms with van der Waals surface area (Å²) in [4.78, 5) is 6.72. The normalized spacial score (nSPS) is 12.6. The number of hydrogen-bond donors (Lipinski definition) is 1. The molecule has 0 fully saturated rings. The maximum atomic E-state index is 4.38. The van der Waals surface area contributed by atoms with Crippen molar-refractivity contribution in [2.75, 3.05) is 26.7 Å². The Balaban J connectivity index is 2.37. The second-order valence-electron chi connectivity index (χ2n) is 6.82. The van der Waals surface area contributed by atoms with Gasteiger partial charge >= 0.3 is 0 Å². The van der Waals surface area contributed by atoms with Crippen molar-refractivity contribution in [3.63, 3.8) is 0 Å². The predicted octanol–water partition coefficient (Wildman–Crippen LogP) is 2.12. The summed E-state index contributed by atoms with van der Waals surface area (Å²) < 4.78 is 2.08. The molecule has 1 heterocycles. The lowest BCUT2D eigenvalue weighted by atomic mass is 9.92. The van der Waals surface area contributed by atoms with Crippen LogP contribution in [0.4, 0.5) is 0 Å². The summed E-state index contributed by atoms with van der Waals surface area (Å²) in [5.41, 5.74) is 0.273. The lowest BCUT2D eigenvalue weighted by Crippen LogP contribution is -2.40. The number of rotatable bonds is 8. The first-order valence-electron chi connectivity index (χ1n) is 7.15. The highest BCUT2D eigenvalue weighted by Gasteiger charge is 2.20. The number of hydrogen-bond acceptors (Lipinski definition) is 3. The monoisotopic (exact) mass is 266 g/mol. The molecule has 1 aromatic rings. The van der Waals surface area contributed by atoms with Crippen LogP contribution in [-0.4, -0.2) is 41.1 Å². The van der Waals surface area contributed by atoms with E-state index in [1.165, 1.54) is 0 Å². The standard InChI is InChI=1S/C15H30N4/c1-13(2)9-16-11-15(3,4)12-18(5)10-14-17-7-8-19(14)6/h7-8,13,16H,9-12H2,1-6H3. The van der Waals surface area contributed by atoms with Gasteiger partial charge in [0.05, 0.1) is 6.54 Å². The third-order valence-electron chi connectivity index (χ3n) is 3.19. The molecule has 110 valence electrons. The first-order valence-corrected chi connectivity index (χ1v) is 7.15. The summed E-state index contributed by atoms with van der Waals surface area (Å²) in [5, 5.41) is 3.55. The zero-order valence-electron chi connectivity index (χ0n) is 13.4. The molecule has 0 bridgehead atoms. The van der Waals surface area contributed by atoms with Crippen LogP contribution in [0.2, 0.25) is 0 Å². The zero-order valence-corrected chi connectivity index (χ0v) is 13.4. The van der Waals surface area contributed by atoms with Crippen molar-refractivity contribution < 1.29 is 0 Å². The molecule has 1 rings (SSSR count). The Kier molecular flexibility index (Phi) is 6.01. The van der Waals surface area contributed by atoms with E-state index in [0.717, 1.165) is 32.0 Å².